The number of halogens is 1. The highest BCUT2D eigenvalue weighted by atomic mass is 35.5. The third-order valence-electron chi connectivity index (χ3n) is 1.91. The Morgan fingerprint density at radius 3 is 2.33 bits per heavy atom. The van der Waals surface area contributed by atoms with Crippen molar-refractivity contribution in [2.45, 2.75) is 12.8 Å². The largest absolute Gasteiger partial charge is 1.00 e. The Morgan fingerprint density at radius 1 is 1.33 bits per heavy atom. The van der Waals surface area contributed by atoms with Gasteiger partial charge in [-0.1, -0.05) is 6.08 Å². The summed E-state index contributed by atoms with van der Waals surface area (Å²) in [5, 5.41) is 0. The fourth-order valence-electron chi connectivity index (χ4n) is 1.07. The Hall–Kier alpha value is -0.0500. The Bertz CT molecular complexity index is 113. The summed E-state index contributed by atoms with van der Waals surface area (Å²) in [5.74, 6) is 0. The first-order chi connectivity index (χ1) is 5.12. The minimum Gasteiger partial charge on any atom is -1.00 e. The van der Waals surface area contributed by atoms with E-state index in [2.05, 4.69) is 20.7 Å². The Morgan fingerprint density at radius 2 is 1.92 bits per heavy atom. The van der Waals surface area contributed by atoms with Crippen LogP contribution in [0.4, 0.5) is 0 Å². The molecule has 0 aromatic heterocycles. The fourth-order valence-corrected chi connectivity index (χ4v) is 1.07. The summed E-state index contributed by atoms with van der Waals surface area (Å²) in [6, 6.07) is 0. The molecule has 0 atom stereocenters. The van der Waals surface area contributed by atoms with Crippen LogP contribution in [-0.4, -0.2) is 38.2 Å². The van der Waals surface area contributed by atoms with Crippen LogP contribution >= 0.6 is 0 Å². The first-order valence-electron chi connectivity index (χ1n) is 4.25. The van der Waals surface area contributed by atoms with Crippen molar-refractivity contribution in [2.75, 3.05) is 33.7 Å². The lowest BCUT2D eigenvalue weighted by Crippen LogP contribution is -3.00. The molecule has 0 amide bonds. The molecule has 0 aliphatic rings. The Labute approximate surface area is 82.4 Å². The van der Waals surface area contributed by atoms with Gasteiger partial charge < -0.3 is 22.6 Å². The highest BCUT2D eigenvalue weighted by Crippen LogP contribution is 2.00. The monoisotopic (exact) mass is 192 g/mol. The van der Waals surface area contributed by atoms with E-state index in [9.17, 15) is 0 Å². The summed E-state index contributed by atoms with van der Waals surface area (Å²) in [5.41, 5.74) is 5.43. The molecule has 0 aromatic rings. The van der Waals surface area contributed by atoms with Gasteiger partial charge in [0.2, 0.25) is 0 Å². The number of nitrogens with two attached hydrogens (primary N) is 1. The molecule has 74 valence electrons. The zero-order valence-corrected chi connectivity index (χ0v) is 8.98. The normalized spacial score (nSPS) is 10.6. The predicted octanol–water partition coefficient (Wildman–Crippen LogP) is -2.01. The molecule has 0 fully saturated rings. The molecule has 0 unspecified atom stereocenters. The third kappa shape index (κ3) is 8.05. The zero-order valence-electron chi connectivity index (χ0n) is 8.22. The van der Waals surface area contributed by atoms with Crippen LogP contribution < -0.4 is 18.1 Å². The van der Waals surface area contributed by atoms with Crippen LogP contribution in [0.1, 0.15) is 12.8 Å². The van der Waals surface area contributed by atoms with Gasteiger partial charge in [0.05, 0.1) is 27.2 Å². The molecule has 12 heavy (non-hydrogen) atoms. The first-order valence-corrected chi connectivity index (χ1v) is 4.25. The molecular weight excluding hydrogens is 172 g/mol. The lowest BCUT2D eigenvalue weighted by Gasteiger charge is -2.29. The van der Waals surface area contributed by atoms with Gasteiger partial charge in [-0.2, -0.15) is 0 Å². The van der Waals surface area contributed by atoms with Gasteiger partial charge in [0, 0.05) is 12.8 Å². The van der Waals surface area contributed by atoms with Crippen LogP contribution in [0.25, 0.3) is 0 Å². The van der Waals surface area contributed by atoms with E-state index in [4.69, 9.17) is 5.73 Å². The molecular formula is C9H21ClN2. The van der Waals surface area contributed by atoms with Crippen molar-refractivity contribution in [3.8, 4) is 0 Å². The number of hydrogen-bond donors (Lipinski definition) is 1. The fraction of sp³-hybridized carbons (Fsp3) is 0.778. The maximum absolute atomic E-state index is 5.43. The quantitative estimate of drug-likeness (QED) is 0.382. The SMILES string of the molecule is C=CCC[N+](C)(C)CCCN.[Cl-]. The van der Waals surface area contributed by atoms with Crippen LogP contribution in [0, 0.1) is 0 Å². The maximum Gasteiger partial charge on any atom is 0.0817 e. The van der Waals surface area contributed by atoms with Crippen LogP contribution in [0.15, 0.2) is 12.7 Å². The zero-order chi connectivity index (χ0) is 8.74. The summed E-state index contributed by atoms with van der Waals surface area (Å²) >= 11 is 0. The summed E-state index contributed by atoms with van der Waals surface area (Å²) in [4.78, 5) is 0. The average Bonchev–Trinajstić information content (AvgIpc) is 1.97. The Kier molecular flexibility index (Phi) is 9.16. The molecule has 0 aliphatic carbocycles. The van der Waals surface area contributed by atoms with Crippen molar-refractivity contribution in [1.29, 1.82) is 0 Å². The van der Waals surface area contributed by atoms with Gasteiger partial charge in [0.1, 0.15) is 0 Å². The van der Waals surface area contributed by atoms with E-state index in [0.29, 0.717) is 0 Å². The van der Waals surface area contributed by atoms with Gasteiger partial charge in [-0.15, -0.1) is 6.58 Å². The molecule has 0 radical (unpaired) electrons. The van der Waals surface area contributed by atoms with Crippen molar-refractivity contribution >= 4 is 0 Å². The predicted molar refractivity (Wildman–Crippen MR) is 50.3 cm³/mol. The lowest BCUT2D eigenvalue weighted by molar-refractivity contribution is -0.890. The van der Waals surface area contributed by atoms with Crippen molar-refractivity contribution in [1.82, 2.24) is 0 Å². The summed E-state index contributed by atoms with van der Waals surface area (Å²) in [7, 11) is 4.47. The van der Waals surface area contributed by atoms with Crippen LogP contribution in [-0.2, 0) is 0 Å². The molecule has 2 nitrogen and oxygen atoms in total. The van der Waals surface area contributed by atoms with E-state index in [1.807, 2.05) is 6.08 Å². The van der Waals surface area contributed by atoms with E-state index < -0.39 is 0 Å². The van der Waals surface area contributed by atoms with Gasteiger partial charge >= 0.3 is 0 Å². The second-order valence-electron chi connectivity index (χ2n) is 3.60. The minimum atomic E-state index is 0. The molecule has 0 heterocycles. The minimum absolute atomic E-state index is 0. The van der Waals surface area contributed by atoms with E-state index in [0.717, 1.165) is 23.9 Å². The lowest BCUT2D eigenvalue weighted by atomic mass is 10.3. The van der Waals surface area contributed by atoms with Crippen molar-refractivity contribution < 1.29 is 16.9 Å². The van der Waals surface area contributed by atoms with Gasteiger partial charge in [-0.3, -0.25) is 0 Å². The van der Waals surface area contributed by atoms with Gasteiger partial charge in [-0.25, -0.2) is 0 Å². The smallest absolute Gasteiger partial charge is 0.0817 e. The van der Waals surface area contributed by atoms with Gasteiger partial charge in [0.15, 0.2) is 0 Å². The van der Waals surface area contributed by atoms with Crippen molar-refractivity contribution in [3.05, 3.63) is 12.7 Å². The van der Waals surface area contributed by atoms with E-state index in [-0.39, 0.29) is 12.4 Å². The molecule has 0 saturated heterocycles. The van der Waals surface area contributed by atoms with E-state index >= 15 is 0 Å². The average molecular weight is 193 g/mol. The number of quaternary nitrogens is 1. The summed E-state index contributed by atoms with van der Waals surface area (Å²) in [6.07, 6.45) is 4.18. The maximum atomic E-state index is 5.43. The standard InChI is InChI=1S/C9H21N2.ClH/c1-4-5-8-11(2,3)9-6-7-10;/h4H,1,5-10H2,2-3H3;1H/q+1;/p-1. The van der Waals surface area contributed by atoms with Crippen LogP contribution in [0.2, 0.25) is 0 Å². The van der Waals surface area contributed by atoms with Crippen LogP contribution in [0.5, 0.6) is 0 Å². The summed E-state index contributed by atoms with van der Waals surface area (Å²) in [6.45, 7) is 6.85. The number of rotatable bonds is 6. The molecule has 0 aliphatic heterocycles. The number of hydrogen-bond acceptors (Lipinski definition) is 1. The molecule has 0 rings (SSSR count). The van der Waals surface area contributed by atoms with Crippen molar-refractivity contribution in [2.24, 2.45) is 5.73 Å². The second-order valence-corrected chi connectivity index (χ2v) is 3.60. The molecule has 3 heteroatoms. The Balaban J connectivity index is 0. The highest BCUT2D eigenvalue weighted by molar-refractivity contribution is 4.64. The van der Waals surface area contributed by atoms with E-state index in [1.165, 1.54) is 13.1 Å². The molecule has 2 N–H and O–H groups in total. The number of nitrogens with zero attached hydrogens (tertiary/aromatic N) is 1. The highest BCUT2D eigenvalue weighted by Gasteiger charge is 2.11. The van der Waals surface area contributed by atoms with Gasteiger partial charge in [-0.05, 0) is 6.54 Å². The summed E-state index contributed by atoms with van der Waals surface area (Å²) < 4.78 is 1.06. The molecule has 0 saturated carbocycles. The molecule has 0 spiro atoms. The first kappa shape index (κ1) is 14.5. The second kappa shape index (κ2) is 7.59. The van der Waals surface area contributed by atoms with E-state index in [1.54, 1.807) is 0 Å². The molecule has 0 aromatic carbocycles. The van der Waals surface area contributed by atoms with Crippen molar-refractivity contribution in [3.63, 3.8) is 0 Å². The van der Waals surface area contributed by atoms with Gasteiger partial charge in [0.25, 0.3) is 0 Å². The molecule has 0 bridgehead atoms. The topological polar surface area (TPSA) is 26.0 Å². The third-order valence-corrected chi connectivity index (χ3v) is 1.91. The van der Waals surface area contributed by atoms with Crippen LogP contribution in [0.3, 0.4) is 0 Å².